The first kappa shape index (κ1) is 13.3. The Balaban J connectivity index is 2.14. The molecule has 1 atom stereocenters. The number of carbonyl (C=O) groups is 1. The van der Waals surface area contributed by atoms with Crippen molar-refractivity contribution in [2.24, 2.45) is 5.92 Å². The van der Waals surface area contributed by atoms with Crippen LogP contribution in [-0.4, -0.2) is 36.3 Å². The Morgan fingerprint density at radius 3 is 2.94 bits per heavy atom. The number of hydrogen-bond acceptors (Lipinski definition) is 2. The first-order valence-electron chi connectivity index (χ1n) is 5.84. The molecule has 5 heteroatoms. The van der Waals surface area contributed by atoms with E-state index in [2.05, 4.69) is 15.9 Å². The summed E-state index contributed by atoms with van der Waals surface area (Å²) in [5.41, 5.74) is 0.117. The van der Waals surface area contributed by atoms with E-state index in [-0.39, 0.29) is 11.5 Å². The van der Waals surface area contributed by atoms with Gasteiger partial charge in [-0.3, -0.25) is 4.79 Å². The Hall–Kier alpha value is -1.10. The molecule has 0 aromatic heterocycles. The highest BCUT2D eigenvalue weighted by atomic mass is 79.9. The summed E-state index contributed by atoms with van der Waals surface area (Å²) in [6.45, 7) is 1.39. The van der Waals surface area contributed by atoms with Gasteiger partial charge < -0.3 is 9.64 Å². The minimum absolute atomic E-state index is 0.117. The third kappa shape index (κ3) is 2.66. The molecule has 1 fully saturated rings. The molecule has 1 unspecified atom stereocenters. The van der Waals surface area contributed by atoms with Crippen molar-refractivity contribution in [1.82, 2.24) is 4.90 Å². The summed E-state index contributed by atoms with van der Waals surface area (Å²) in [7, 11) is 1.47. The number of alkyl halides is 1. The molecule has 1 heterocycles. The van der Waals surface area contributed by atoms with Crippen LogP contribution in [-0.2, 0) is 0 Å². The molecular weight excluding hydrogens is 301 g/mol. The van der Waals surface area contributed by atoms with E-state index in [4.69, 9.17) is 4.74 Å². The highest BCUT2D eigenvalue weighted by Gasteiger charge is 2.27. The number of ether oxygens (including phenoxy) is 1. The van der Waals surface area contributed by atoms with Gasteiger partial charge in [0.05, 0.1) is 12.7 Å². The fourth-order valence-corrected chi connectivity index (χ4v) is 2.64. The van der Waals surface area contributed by atoms with E-state index in [9.17, 15) is 9.18 Å². The van der Waals surface area contributed by atoms with Crippen LogP contribution in [0, 0.1) is 11.7 Å². The summed E-state index contributed by atoms with van der Waals surface area (Å²) in [6.07, 6.45) is 0.967. The predicted molar refractivity (Wildman–Crippen MR) is 70.8 cm³/mol. The summed E-state index contributed by atoms with van der Waals surface area (Å²) in [5, 5.41) is 0.877. The van der Waals surface area contributed by atoms with Gasteiger partial charge >= 0.3 is 0 Å². The molecule has 0 aliphatic carbocycles. The van der Waals surface area contributed by atoms with E-state index >= 15 is 0 Å². The fraction of sp³-hybridized carbons (Fsp3) is 0.462. The average Bonchev–Trinajstić information content (AvgIpc) is 2.86. The molecule has 98 valence electrons. The Morgan fingerprint density at radius 1 is 1.61 bits per heavy atom. The van der Waals surface area contributed by atoms with Crippen molar-refractivity contribution >= 4 is 21.8 Å². The van der Waals surface area contributed by atoms with Crippen molar-refractivity contribution < 1.29 is 13.9 Å². The van der Waals surface area contributed by atoms with Gasteiger partial charge in [0, 0.05) is 24.5 Å². The zero-order valence-corrected chi connectivity index (χ0v) is 11.7. The predicted octanol–water partition coefficient (Wildman–Crippen LogP) is 2.69. The van der Waals surface area contributed by atoms with Gasteiger partial charge in [0.1, 0.15) is 11.6 Å². The van der Waals surface area contributed by atoms with Crippen molar-refractivity contribution in [2.75, 3.05) is 25.5 Å². The van der Waals surface area contributed by atoms with Gasteiger partial charge in [0.2, 0.25) is 0 Å². The molecule has 1 aliphatic rings. The number of likely N-dealkylation sites (tertiary alicyclic amines) is 1. The molecule has 0 spiro atoms. The van der Waals surface area contributed by atoms with E-state index in [1.165, 1.54) is 19.2 Å². The molecule has 1 saturated heterocycles. The van der Waals surface area contributed by atoms with E-state index in [1.807, 2.05) is 0 Å². The van der Waals surface area contributed by atoms with Crippen LogP contribution in [0.2, 0.25) is 0 Å². The number of amides is 1. The highest BCUT2D eigenvalue weighted by molar-refractivity contribution is 9.09. The molecule has 1 aliphatic heterocycles. The molecule has 0 bridgehead atoms. The molecule has 1 amide bonds. The number of benzene rings is 1. The minimum atomic E-state index is -0.526. The third-order valence-electron chi connectivity index (χ3n) is 3.20. The lowest BCUT2D eigenvalue weighted by Gasteiger charge is -2.16. The summed E-state index contributed by atoms with van der Waals surface area (Å²) >= 11 is 3.41. The van der Waals surface area contributed by atoms with E-state index in [0.29, 0.717) is 24.8 Å². The topological polar surface area (TPSA) is 29.5 Å². The average molecular weight is 316 g/mol. The van der Waals surface area contributed by atoms with Crippen LogP contribution in [0.5, 0.6) is 5.75 Å². The molecule has 0 radical (unpaired) electrons. The maximum Gasteiger partial charge on any atom is 0.256 e. The number of methoxy groups -OCH3 is 1. The molecular formula is C13H15BrFNO2. The van der Waals surface area contributed by atoms with Crippen molar-refractivity contribution in [3.05, 3.63) is 29.6 Å². The standard InChI is InChI=1S/C13H15BrFNO2/c1-18-10-2-3-11(12(15)6-10)13(17)16-5-4-9(7-14)8-16/h2-3,6,9H,4-5,7-8H2,1H3. The minimum Gasteiger partial charge on any atom is -0.497 e. The summed E-state index contributed by atoms with van der Waals surface area (Å²) in [4.78, 5) is 13.9. The Bertz CT molecular complexity index is 453. The van der Waals surface area contributed by atoms with Crippen molar-refractivity contribution in [3.63, 3.8) is 0 Å². The van der Waals surface area contributed by atoms with Crippen LogP contribution >= 0.6 is 15.9 Å². The number of nitrogens with zero attached hydrogens (tertiary/aromatic N) is 1. The summed E-state index contributed by atoms with van der Waals surface area (Å²) < 4.78 is 18.7. The molecule has 0 N–H and O–H groups in total. The van der Waals surface area contributed by atoms with Crippen LogP contribution in [0.15, 0.2) is 18.2 Å². The van der Waals surface area contributed by atoms with Gasteiger partial charge in [0.25, 0.3) is 5.91 Å². The van der Waals surface area contributed by atoms with Crippen molar-refractivity contribution in [2.45, 2.75) is 6.42 Å². The van der Waals surface area contributed by atoms with Gasteiger partial charge in [-0.05, 0) is 24.5 Å². The van der Waals surface area contributed by atoms with Gasteiger partial charge in [-0.1, -0.05) is 15.9 Å². The first-order valence-corrected chi connectivity index (χ1v) is 6.96. The van der Waals surface area contributed by atoms with E-state index < -0.39 is 5.82 Å². The number of carbonyl (C=O) groups excluding carboxylic acids is 1. The Labute approximate surface area is 114 Å². The second-order valence-electron chi connectivity index (χ2n) is 4.41. The molecule has 1 aromatic rings. The van der Waals surface area contributed by atoms with Crippen LogP contribution in [0.4, 0.5) is 4.39 Å². The lowest BCUT2D eigenvalue weighted by molar-refractivity contribution is 0.0783. The zero-order valence-electron chi connectivity index (χ0n) is 10.2. The maximum atomic E-state index is 13.8. The second-order valence-corrected chi connectivity index (χ2v) is 5.05. The van der Waals surface area contributed by atoms with Gasteiger partial charge in [-0.2, -0.15) is 0 Å². The monoisotopic (exact) mass is 315 g/mol. The van der Waals surface area contributed by atoms with Gasteiger partial charge in [0.15, 0.2) is 0 Å². The summed E-state index contributed by atoms with van der Waals surface area (Å²) in [6, 6.07) is 4.33. The molecule has 2 rings (SSSR count). The van der Waals surface area contributed by atoms with E-state index in [0.717, 1.165) is 11.8 Å². The second kappa shape index (κ2) is 5.69. The van der Waals surface area contributed by atoms with Gasteiger partial charge in [-0.15, -0.1) is 0 Å². The molecule has 3 nitrogen and oxygen atoms in total. The maximum absolute atomic E-state index is 13.8. The van der Waals surface area contributed by atoms with Crippen LogP contribution in [0.25, 0.3) is 0 Å². The number of halogens is 2. The zero-order chi connectivity index (χ0) is 13.1. The Morgan fingerprint density at radius 2 is 2.39 bits per heavy atom. The summed E-state index contributed by atoms with van der Waals surface area (Å²) in [5.74, 6) is 0.124. The van der Waals surface area contributed by atoms with Crippen molar-refractivity contribution in [3.8, 4) is 5.75 Å². The largest absolute Gasteiger partial charge is 0.497 e. The smallest absolute Gasteiger partial charge is 0.256 e. The fourth-order valence-electron chi connectivity index (χ4n) is 2.11. The lowest BCUT2D eigenvalue weighted by Crippen LogP contribution is -2.29. The lowest BCUT2D eigenvalue weighted by atomic mass is 10.1. The molecule has 0 saturated carbocycles. The number of rotatable bonds is 3. The molecule has 1 aromatic carbocycles. The van der Waals surface area contributed by atoms with Crippen LogP contribution in [0.3, 0.4) is 0 Å². The number of hydrogen-bond donors (Lipinski definition) is 0. The quantitative estimate of drug-likeness (QED) is 0.803. The first-order chi connectivity index (χ1) is 8.65. The van der Waals surface area contributed by atoms with Crippen LogP contribution in [0.1, 0.15) is 16.8 Å². The third-order valence-corrected chi connectivity index (χ3v) is 4.11. The molecule has 18 heavy (non-hydrogen) atoms. The van der Waals surface area contributed by atoms with E-state index in [1.54, 1.807) is 11.0 Å². The van der Waals surface area contributed by atoms with Crippen molar-refractivity contribution in [1.29, 1.82) is 0 Å². The van der Waals surface area contributed by atoms with Gasteiger partial charge in [-0.25, -0.2) is 4.39 Å². The van der Waals surface area contributed by atoms with Crippen LogP contribution < -0.4 is 4.74 Å². The Kier molecular flexibility index (Phi) is 4.22. The SMILES string of the molecule is COc1ccc(C(=O)N2CCC(CBr)C2)c(F)c1. The normalized spacial score (nSPS) is 19.1. The highest BCUT2D eigenvalue weighted by Crippen LogP contribution is 2.23.